The maximum absolute atomic E-state index is 12.9. The highest BCUT2D eigenvalue weighted by atomic mass is 16.5. The fourth-order valence-electron chi connectivity index (χ4n) is 2.66. The van der Waals surface area contributed by atoms with Crippen molar-refractivity contribution in [2.45, 2.75) is 25.8 Å². The minimum atomic E-state index is -0.469. The van der Waals surface area contributed by atoms with Crippen molar-refractivity contribution < 1.29 is 14.3 Å². The van der Waals surface area contributed by atoms with Gasteiger partial charge >= 0.3 is 0 Å². The first-order valence-electron chi connectivity index (χ1n) is 7.77. The summed E-state index contributed by atoms with van der Waals surface area (Å²) in [4.78, 5) is 17.1. The number of nitrogens with zero attached hydrogens (tertiary/aromatic N) is 2. The molecule has 6 nitrogen and oxygen atoms in total. The van der Waals surface area contributed by atoms with Gasteiger partial charge in [-0.25, -0.2) is 0 Å². The van der Waals surface area contributed by atoms with E-state index in [-0.39, 0.29) is 5.91 Å². The number of nitrogens with one attached hydrogen (secondary N) is 1. The van der Waals surface area contributed by atoms with Crippen LogP contribution in [0.5, 0.6) is 0 Å². The molecule has 1 aliphatic rings. The van der Waals surface area contributed by atoms with Crippen molar-refractivity contribution in [3.8, 4) is 0 Å². The number of hydrogen-bond acceptors (Lipinski definition) is 5. The molecule has 1 rings (SSSR count). The molecule has 124 valence electrons. The molecule has 0 saturated carbocycles. The van der Waals surface area contributed by atoms with Crippen LogP contribution in [0.4, 0.5) is 0 Å². The second kappa shape index (κ2) is 9.35. The minimum Gasteiger partial charge on any atom is -0.385 e. The molecule has 0 spiro atoms. The lowest BCUT2D eigenvalue weighted by Crippen LogP contribution is -2.61. The average Bonchev–Trinajstić information content (AvgIpc) is 2.51. The van der Waals surface area contributed by atoms with E-state index in [2.05, 4.69) is 10.2 Å². The second-order valence-corrected chi connectivity index (χ2v) is 5.93. The monoisotopic (exact) mass is 301 g/mol. The van der Waals surface area contributed by atoms with E-state index in [1.54, 1.807) is 14.2 Å². The van der Waals surface area contributed by atoms with Crippen LogP contribution in [0.1, 0.15) is 20.3 Å². The van der Waals surface area contributed by atoms with Crippen molar-refractivity contribution in [1.82, 2.24) is 15.1 Å². The highest BCUT2D eigenvalue weighted by molar-refractivity contribution is 5.85. The smallest absolute Gasteiger partial charge is 0.242 e. The Morgan fingerprint density at radius 1 is 1.14 bits per heavy atom. The Hall–Kier alpha value is -0.690. The van der Waals surface area contributed by atoms with E-state index in [1.165, 1.54) is 0 Å². The maximum Gasteiger partial charge on any atom is 0.242 e. The van der Waals surface area contributed by atoms with Crippen LogP contribution in [0.2, 0.25) is 0 Å². The Morgan fingerprint density at radius 2 is 1.76 bits per heavy atom. The normalized spacial score (nSPS) is 17.0. The molecule has 21 heavy (non-hydrogen) atoms. The lowest BCUT2D eigenvalue weighted by Gasteiger charge is -2.42. The van der Waals surface area contributed by atoms with Crippen LogP contribution in [0, 0.1) is 0 Å². The summed E-state index contributed by atoms with van der Waals surface area (Å²) >= 11 is 0. The Bertz CT molecular complexity index is 305. The lowest BCUT2D eigenvalue weighted by molar-refractivity contribution is -0.144. The predicted octanol–water partition coefficient (Wildman–Crippen LogP) is 0.182. The summed E-state index contributed by atoms with van der Waals surface area (Å²) < 4.78 is 10.2. The minimum absolute atomic E-state index is 0.178. The molecule has 1 saturated heterocycles. The summed E-state index contributed by atoms with van der Waals surface area (Å²) in [7, 11) is 3.35. The summed E-state index contributed by atoms with van der Waals surface area (Å²) in [5, 5.41) is 3.33. The molecule has 0 atom stereocenters. The molecular weight excluding hydrogens is 270 g/mol. The molecule has 1 amide bonds. The van der Waals surface area contributed by atoms with Gasteiger partial charge in [0, 0.05) is 60.1 Å². The largest absolute Gasteiger partial charge is 0.385 e. The van der Waals surface area contributed by atoms with E-state index in [9.17, 15) is 4.79 Å². The molecule has 0 aliphatic carbocycles. The molecule has 1 N–H and O–H groups in total. The van der Waals surface area contributed by atoms with Crippen LogP contribution in [0.3, 0.4) is 0 Å². The Kier molecular flexibility index (Phi) is 8.18. The van der Waals surface area contributed by atoms with E-state index in [0.29, 0.717) is 26.3 Å². The van der Waals surface area contributed by atoms with Crippen molar-refractivity contribution in [3.63, 3.8) is 0 Å². The van der Waals surface area contributed by atoms with Gasteiger partial charge in [-0.3, -0.25) is 9.69 Å². The lowest BCUT2D eigenvalue weighted by atomic mass is 9.99. The summed E-state index contributed by atoms with van der Waals surface area (Å²) in [6.45, 7) is 10.3. The first-order valence-corrected chi connectivity index (χ1v) is 7.77. The summed E-state index contributed by atoms with van der Waals surface area (Å²) in [6, 6.07) is 0. The Morgan fingerprint density at radius 3 is 2.33 bits per heavy atom. The number of methoxy groups -OCH3 is 2. The van der Waals surface area contributed by atoms with Gasteiger partial charge in [-0.05, 0) is 20.3 Å². The van der Waals surface area contributed by atoms with Gasteiger partial charge in [0.15, 0.2) is 0 Å². The SMILES string of the molecule is COCCCN(CCOC)C(=O)C(C)(C)N1CCNCC1. The van der Waals surface area contributed by atoms with Gasteiger partial charge < -0.3 is 19.7 Å². The zero-order chi connectivity index (χ0) is 15.7. The first kappa shape index (κ1) is 18.4. The van der Waals surface area contributed by atoms with Crippen LogP contribution in [-0.2, 0) is 14.3 Å². The predicted molar refractivity (Wildman–Crippen MR) is 83.5 cm³/mol. The van der Waals surface area contributed by atoms with Crippen LogP contribution >= 0.6 is 0 Å². The van der Waals surface area contributed by atoms with Gasteiger partial charge in [-0.1, -0.05) is 0 Å². The van der Waals surface area contributed by atoms with E-state index >= 15 is 0 Å². The fourth-order valence-corrected chi connectivity index (χ4v) is 2.66. The second-order valence-electron chi connectivity index (χ2n) is 5.93. The van der Waals surface area contributed by atoms with Gasteiger partial charge in [0.05, 0.1) is 12.1 Å². The van der Waals surface area contributed by atoms with Crippen LogP contribution in [0.15, 0.2) is 0 Å². The molecule has 1 fully saturated rings. The van der Waals surface area contributed by atoms with E-state index < -0.39 is 5.54 Å². The number of rotatable bonds is 9. The third-order valence-electron chi connectivity index (χ3n) is 4.06. The summed E-state index contributed by atoms with van der Waals surface area (Å²) in [5.74, 6) is 0.178. The summed E-state index contributed by atoms with van der Waals surface area (Å²) in [6.07, 6.45) is 0.851. The topological polar surface area (TPSA) is 54.0 Å². The van der Waals surface area contributed by atoms with Gasteiger partial charge in [0.1, 0.15) is 0 Å². The molecule has 0 aromatic heterocycles. The van der Waals surface area contributed by atoms with Gasteiger partial charge in [-0.15, -0.1) is 0 Å². The van der Waals surface area contributed by atoms with Crippen molar-refractivity contribution in [1.29, 1.82) is 0 Å². The molecule has 0 unspecified atom stereocenters. The highest BCUT2D eigenvalue weighted by Crippen LogP contribution is 2.18. The first-order chi connectivity index (χ1) is 10.0. The molecule has 1 aliphatic heterocycles. The zero-order valence-corrected chi connectivity index (χ0v) is 14.0. The van der Waals surface area contributed by atoms with Crippen molar-refractivity contribution >= 4 is 5.91 Å². The van der Waals surface area contributed by atoms with E-state index in [4.69, 9.17) is 9.47 Å². The van der Waals surface area contributed by atoms with Crippen LogP contribution in [0.25, 0.3) is 0 Å². The van der Waals surface area contributed by atoms with Crippen LogP contribution in [-0.4, -0.2) is 87.9 Å². The van der Waals surface area contributed by atoms with Crippen molar-refractivity contribution in [2.75, 3.05) is 66.7 Å². The molecule has 1 heterocycles. The summed E-state index contributed by atoms with van der Waals surface area (Å²) in [5.41, 5.74) is -0.469. The third-order valence-corrected chi connectivity index (χ3v) is 4.06. The zero-order valence-electron chi connectivity index (χ0n) is 14.0. The number of amides is 1. The molecule has 0 aromatic rings. The highest BCUT2D eigenvalue weighted by Gasteiger charge is 2.37. The third kappa shape index (κ3) is 5.54. The Balaban J connectivity index is 2.66. The fraction of sp³-hybridized carbons (Fsp3) is 0.933. The average molecular weight is 301 g/mol. The molecule has 0 aromatic carbocycles. The van der Waals surface area contributed by atoms with Gasteiger partial charge in [-0.2, -0.15) is 0 Å². The molecule has 0 bridgehead atoms. The quantitative estimate of drug-likeness (QED) is 0.616. The number of carbonyl (C=O) groups excluding carboxylic acids is 1. The van der Waals surface area contributed by atoms with E-state index in [0.717, 1.165) is 32.6 Å². The molecular formula is C15H31N3O3. The number of carbonyl (C=O) groups is 1. The number of hydrogen-bond donors (Lipinski definition) is 1. The van der Waals surface area contributed by atoms with E-state index in [1.807, 2.05) is 18.7 Å². The Labute approximate surface area is 128 Å². The van der Waals surface area contributed by atoms with Gasteiger partial charge in [0.2, 0.25) is 5.91 Å². The maximum atomic E-state index is 12.9. The van der Waals surface area contributed by atoms with Gasteiger partial charge in [0.25, 0.3) is 0 Å². The standard InChI is InChI=1S/C15H31N3O3/c1-15(2,18-9-6-16-7-10-18)14(19)17(11-13-21-4)8-5-12-20-3/h16H,5-13H2,1-4H3. The van der Waals surface area contributed by atoms with Crippen LogP contribution < -0.4 is 5.32 Å². The van der Waals surface area contributed by atoms with Crippen molar-refractivity contribution in [3.05, 3.63) is 0 Å². The molecule has 0 radical (unpaired) electrons. The molecule has 6 heteroatoms. The number of ether oxygens (including phenoxy) is 2. The van der Waals surface area contributed by atoms with Crippen molar-refractivity contribution in [2.24, 2.45) is 0 Å². The number of piperazine rings is 1.